The summed E-state index contributed by atoms with van der Waals surface area (Å²) in [5, 5.41) is 0.923. The van der Waals surface area contributed by atoms with Crippen LogP contribution in [0.2, 0.25) is 0 Å². The van der Waals surface area contributed by atoms with Crippen LogP contribution in [-0.4, -0.2) is 12.6 Å². The molecule has 1 aromatic rings. The molecule has 0 fully saturated rings. The number of anilines is 1. The highest BCUT2D eigenvalue weighted by Crippen LogP contribution is 2.24. The van der Waals surface area contributed by atoms with E-state index in [4.69, 9.17) is 0 Å². The first-order valence-electron chi connectivity index (χ1n) is 5.11. The Morgan fingerprint density at radius 1 is 1.29 bits per heavy atom. The summed E-state index contributed by atoms with van der Waals surface area (Å²) in [4.78, 5) is 2.41. The van der Waals surface area contributed by atoms with Crippen molar-refractivity contribution in [2.24, 2.45) is 0 Å². The Balaban J connectivity index is 3.02. The number of halogens is 1. The first kappa shape index (κ1) is 11.6. The van der Waals surface area contributed by atoms with Crippen LogP contribution in [0.5, 0.6) is 0 Å². The predicted octanol–water partition coefficient (Wildman–Crippen LogP) is 3.82. The Hall–Kier alpha value is -0.500. The Morgan fingerprint density at radius 2 is 1.93 bits per heavy atom. The van der Waals surface area contributed by atoms with E-state index in [1.165, 1.54) is 11.3 Å². The van der Waals surface area contributed by atoms with Crippen LogP contribution in [-0.2, 0) is 5.33 Å². The maximum Gasteiger partial charge on any atom is 0.0409 e. The van der Waals surface area contributed by atoms with Gasteiger partial charge in [-0.15, -0.1) is 0 Å². The molecule has 0 aliphatic heterocycles. The second kappa shape index (κ2) is 5.40. The minimum Gasteiger partial charge on any atom is -0.369 e. The van der Waals surface area contributed by atoms with Gasteiger partial charge in [-0.2, -0.15) is 0 Å². The first-order valence-corrected chi connectivity index (χ1v) is 6.23. The molecule has 0 N–H and O–H groups in total. The molecule has 0 aromatic heterocycles. The highest BCUT2D eigenvalue weighted by atomic mass is 79.9. The van der Waals surface area contributed by atoms with E-state index in [-0.39, 0.29) is 0 Å². The molecular formula is C12H18BrN. The molecule has 1 nitrogen and oxygen atoms in total. The summed E-state index contributed by atoms with van der Waals surface area (Å²) in [6.45, 7) is 7.72. The third kappa shape index (κ3) is 2.50. The molecule has 0 aliphatic carbocycles. The molecule has 14 heavy (non-hydrogen) atoms. The Morgan fingerprint density at radius 3 is 2.43 bits per heavy atom. The molecular weight excluding hydrogens is 238 g/mol. The van der Waals surface area contributed by atoms with Crippen molar-refractivity contribution in [1.82, 2.24) is 0 Å². The predicted molar refractivity (Wildman–Crippen MR) is 67.2 cm³/mol. The van der Waals surface area contributed by atoms with E-state index in [1.54, 1.807) is 0 Å². The molecule has 0 unspecified atom stereocenters. The first-order chi connectivity index (χ1) is 6.70. The fourth-order valence-corrected chi connectivity index (χ4v) is 2.19. The van der Waals surface area contributed by atoms with Crippen LogP contribution in [0, 0.1) is 0 Å². The molecule has 0 aliphatic rings. The van der Waals surface area contributed by atoms with Crippen LogP contribution in [0.1, 0.15) is 26.3 Å². The summed E-state index contributed by atoms with van der Waals surface area (Å²) >= 11 is 3.53. The van der Waals surface area contributed by atoms with Crippen LogP contribution >= 0.6 is 15.9 Å². The lowest BCUT2D eigenvalue weighted by molar-refractivity contribution is 0.701. The molecule has 0 radical (unpaired) electrons. The lowest BCUT2D eigenvalue weighted by Gasteiger charge is -2.29. The van der Waals surface area contributed by atoms with E-state index in [1.807, 2.05) is 0 Å². The second-order valence-corrected chi connectivity index (χ2v) is 4.20. The minimum atomic E-state index is 0.556. The van der Waals surface area contributed by atoms with Crippen LogP contribution in [0.25, 0.3) is 0 Å². The van der Waals surface area contributed by atoms with Crippen molar-refractivity contribution in [1.29, 1.82) is 0 Å². The molecule has 0 saturated heterocycles. The van der Waals surface area contributed by atoms with Crippen LogP contribution in [0.4, 0.5) is 5.69 Å². The number of hydrogen-bond acceptors (Lipinski definition) is 1. The Bertz CT molecular complexity index is 283. The van der Waals surface area contributed by atoms with E-state index < -0.39 is 0 Å². The lowest BCUT2D eigenvalue weighted by Crippen LogP contribution is -2.31. The molecule has 2 heteroatoms. The van der Waals surface area contributed by atoms with Gasteiger partial charge in [-0.1, -0.05) is 34.1 Å². The molecule has 1 aromatic carbocycles. The maximum absolute atomic E-state index is 3.53. The molecule has 0 atom stereocenters. The molecule has 0 amide bonds. The zero-order chi connectivity index (χ0) is 10.6. The standard InChI is InChI=1S/C12H18BrN/c1-4-14(10(2)3)12-8-6-5-7-11(12)9-13/h5-8,10H,4,9H2,1-3H3. The Kier molecular flexibility index (Phi) is 4.46. The van der Waals surface area contributed by atoms with Crippen LogP contribution in [0.15, 0.2) is 24.3 Å². The number of hydrogen-bond donors (Lipinski definition) is 0. The van der Waals surface area contributed by atoms with Crippen LogP contribution < -0.4 is 4.90 Å². The van der Waals surface area contributed by atoms with Crippen molar-refractivity contribution >= 4 is 21.6 Å². The minimum absolute atomic E-state index is 0.556. The summed E-state index contributed by atoms with van der Waals surface area (Å²) in [5.41, 5.74) is 2.71. The quantitative estimate of drug-likeness (QED) is 0.740. The van der Waals surface area contributed by atoms with Gasteiger partial charge in [0.2, 0.25) is 0 Å². The molecule has 0 bridgehead atoms. The number of rotatable bonds is 4. The normalized spacial score (nSPS) is 10.6. The van der Waals surface area contributed by atoms with Crippen molar-refractivity contribution in [3.63, 3.8) is 0 Å². The summed E-state index contributed by atoms with van der Waals surface area (Å²) in [5.74, 6) is 0. The number of nitrogens with zero attached hydrogens (tertiary/aromatic N) is 1. The summed E-state index contributed by atoms with van der Waals surface area (Å²) in [6.07, 6.45) is 0. The Labute approximate surface area is 95.2 Å². The van der Waals surface area contributed by atoms with Gasteiger partial charge in [0.25, 0.3) is 0 Å². The highest BCUT2D eigenvalue weighted by molar-refractivity contribution is 9.08. The van der Waals surface area contributed by atoms with E-state index in [2.05, 4.69) is 65.9 Å². The van der Waals surface area contributed by atoms with E-state index in [0.29, 0.717) is 6.04 Å². The van der Waals surface area contributed by atoms with Gasteiger partial charge in [0.15, 0.2) is 0 Å². The van der Waals surface area contributed by atoms with Gasteiger partial charge in [0, 0.05) is 23.6 Å². The molecule has 0 saturated carbocycles. The number of alkyl halides is 1. The average molecular weight is 256 g/mol. The van der Waals surface area contributed by atoms with Crippen molar-refractivity contribution in [3.8, 4) is 0 Å². The zero-order valence-electron chi connectivity index (χ0n) is 9.13. The van der Waals surface area contributed by atoms with Gasteiger partial charge in [-0.3, -0.25) is 0 Å². The van der Waals surface area contributed by atoms with Gasteiger partial charge in [-0.05, 0) is 32.4 Å². The SMILES string of the molecule is CCN(c1ccccc1CBr)C(C)C. The van der Waals surface area contributed by atoms with Gasteiger partial charge in [0.1, 0.15) is 0 Å². The van der Waals surface area contributed by atoms with Gasteiger partial charge in [-0.25, -0.2) is 0 Å². The summed E-state index contributed by atoms with van der Waals surface area (Å²) in [7, 11) is 0. The molecule has 1 rings (SSSR count). The summed E-state index contributed by atoms with van der Waals surface area (Å²) in [6, 6.07) is 9.12. The van der Waals surface area contributed by atoms with E-state index >= 15 is 0 Å². The zero-order valence-corrected chi connectivity index (χ0v) is 10.7. The second-order valence-electron chi connectivity index (χ2n) is 3.64. The lowest BCUT2D eigenvalue weighted by atomic mass is 10.1. The van der Waals surface area contributed by atoms with Gasteiger partial charge in [0.05, 0.1) is 0 Å². The van der Waals surface area contributed by atoms with Crippen molar-refractivity contribution < 1.29 is 0 Å². The maximum atomic E-state index is 3.53. The molecule has 78 valence electrons. The third-order valence-electron chi connectivity index (χ3n) is 2.41. The average Bonchev–Trinajstić information content (AvgIpc) is 2.19. The largest absolute Gasteiger partial charge is 0.369 e. The molecule has 0 heterocycles. The van der Waals surface area contributed by atoms with Crippen molar-refractivity contribution in [2.45, 2.75) is 32.1 Å². The van der Waals surface area contributed by atoms with Crippen molar-refractivity contribution in [2.75, 3.05) is 11.4 Å². The summed E-state index contributed by atoms with van der Waals surface area (Å²) < 4.78 is 0. The number of benzene rings is 1. The third-order valence-corrected chi connectivity index (χ3v) is 3.01. The number of para-hydroxylation sites is 1. The van der Waals surface area contributed by atoms with Gasteiger partial charge >= 0.3 is 0 Å². The smallest absolute Gasteiger partial charge is 0.0409 e. The molecule has 0 spiro atoms. The van der Waals surface area contributed by atoms with E-state index in [9.17, 15) is 0 Å². The monoisotopic (exact) mass is 255 g/mol. The fourth-order valence-electron chi connectivity index (χ4n) is 1.72. The van der Waals surface area contributed by atoms with Gasteiger partial charge < -0.3 is 4.90 Å². The fraction of sp³-hybridized carbons (Fsp3) is 0.500. The van der Waals surface area contributed by atoms with Crippen LogP contribution in [0.3, 0.4) is 0 Å². The van der Waals surface area contributed by atoms with E-state index in [0.717, 1.165) is 11.9 Å². The highest BCUT2D eigenvalue weighted by Gasteiger charge is 2.10. The topological polar surface area (TPSA) is 3.24 Å². The van der Waals surface area contributed by atoms with Crippen molar-refractivity contribution in [3.05, 3.63) is 29.8 Å².